The first-order valence-electron chi connectivity index (χ1n) is 6.40. The molecule has 0 heterocycles. The maximum atomic E-state index is 13.3. The molecule has 0 unspecified atom stereocenters. The van der Waals surface area contributed by atoms with Crippen LogP contribution in [0.15, 0.2) is 29.3 Å². The van der Waals surface area contributed by atoms with Crippen LogP contribution in [-0.2, 0) is 6.54 Å². The Labute approximate surface area is 119 Å². The van der Waals surface area contributed by atoms with Crippen molar-refractivity contribution in [1.29, 1.82) is 0 Å². The molecule has 4 heteroatoms. The zero-order valence-corrected chi connectivity index (χ0v) is 12.4. The highest BCUT2D eigenvalue weighted by Crippen LogP contribution is 2.20. The van der Waals surface area contributed by atoms with Gasteiger partial charge < -0.3 is 10.1 Å². The van der Waals surface area contributed by atoms with Crippen LogP contribution in [0.2, 0.25) is 0 Å². The van der Waals surface area contributed by atoms with E-state index in [-0.39, 0.29) is 5.82 Å². The lowest BCUT2D eigenvalue weighted by molar-refractivity contribution is 0.346. The standard InChI is InChI=1S/C15H21ClFNO/c1-11(2)8-18-9-13-6-14(17)4-5-15(13)19-10-12(3)7-16/h4-7,11,18H,8-10H2,1-3H3/b12-7+. The topological polar surface area (TPSA) is 21.3 Å². The first-order chi connectivity index (χ1) is 9.02. The lowest BCUT2D eigenvalue weighted by Crippen LogP contribution is -2.19. The number of ether oxygens (including phenoxy) is 1. The van der Waals surface area contributed by atoms with E-state index in [9.17, 15) is 4.39 Å². The summed E-state index contributed by atoms with van der Waals surface area (Å²) in [5.41, 5.74) is 3.23. The average Bonchev–Trinajstić information content (AvgIpc) is 2.37. The molecule has 0 fully saturated rings. The van der Waals surface area contributed by atoms with Crippen molar-refractivity contribution < 1.29 is 9.13 Å². The van der Waals surface area contributed by atoms with Crippen LogP contribution in [0, 0.1) is 11.7 Å². The van der Waals surface area contributed by atoms with Gasteiger partial charge in [0.25, 0.3) is 0 Å². The molecule has 0 bridgehead atoms. The fraction of sp³-hybridized carbons (Fsp3) is 0.467. The molecular weight excluding hydrogens is 265 g/mol. The summed E-state index contributed by atoms with van der Waals surface area (Å²) in [6.07, 6.45) is 0. The highest BCUT2D eigenvalue weighted by Gasteiger charge is 2.06. The molecule has 0 amide bonds. The van der Waals surface area contributed by atoms with Gasteiger partial charge in [-0.15, -0.1) is 0 Å². The quantitative estimate of drug-likeness (QED) is 0.815. The SMILES string of the molecule is C/C(=C\Cl)COc1ccc(F)cc1CNCC(C)C. The third-order valence-corrected chi connectivity index (χ3v) is 2.90. The molecule has 0 saturated heterocycles. The lowest BCUT2D eigenvalue weighted by atomic mass is 10.1. The number of halogens is 2. The first kappa shape index (κ1) is 16.0. The van der Waals surface area contributed by atoms with E-state index in [2.05, 4.69) is 19.2 Å². The van der Waals surface area contributed by atoms with E-state index in [0.29, 0.717) is 24.8 Å². The zero-order valence-electron chi connectivity index (χ0n) is 11.7. The number of benzene rings is 1. The van der Waals surface area contributed by atoms with Gasteiger partial charge in [-0.25, -0.2) is 4.39 Å². The molecule has 1 aromatic carbocycles. The van der Waals surface area contributed by atoms with Crippen LogP contribution in [0.25, 0.3) is 0 Å². The van der Waals surface area contributed by atoms with Gasteiger partial charge in [0, 0.05) is 17.6 Å². The summed E-state index contributed by atoms with van der Waals surface area (Å²) < 4.78 is 18.9. The minimum absolute atomic E-state index is 0.252. The van der Waals surface area contributed by atoms with Gasteiger partial charge in [0.1, 0.15) is 18.2 Å². The molecule has 1 rings (SSSR count). The van der Waals surface area contributed by atoms with Gasteiger partial charge >= 0.3 is 0 Å². The molecule has 0 spiro atoms. The van der Waals surface area contributed by atoms with Gasteiger partial charge in [-0.3, -0.25) is 0 Å². The van der Waals surface area contributed by atoms with Crippen molar-refractivity contribution in [3.63, 3.8) is 0 Å². The van der Waals surface area contributed by atoms with E-state index >= 15 is 0 Å². The molecule has 0 radical (unpaired) electrons. The summed E-state index contributed by atoms with van der Waals surface area (Å²) in [5, 5.41) is 3.28. The van der Waals surface area contributed by atoms with E-state index < -0.39 is 0 Å². The van der Waals surface area contributed by atoms with E-state index in [1.165, 1.54) is 17.7 Å². The van der Waals surface area contributed by atoms with Gasteiger partial charge in [0.2, 0.25) is 0 Å². The maximum Gasteiger partial charge on any atom is 0.124 e. The van der Waals surface area contributed by atoms with Crippen molar-refractivity contribution in [3.05, 3.63) is 40.7 Å². The molecule has 0 aliphatic rings. The molecule has 0 aliphatic carbocycles. The fourth-order valence-corrected chi connectivity index (χ4v) is 1.61. The van der Waals surface area contributed by atoms with Crippen LogP contribution in [0.3, 0.4) is 0 Å². The number of hydrogen-bond donors (Lipinski definition) is 1. The third kappa shape index (κ3) is 6.08. The Balaban J connectivity index is 2.68. The highest BCUT2D eigenvalue weighted by molar-refractivity contribution is 6.25. The van der Waals surface area contributed by atoms with Crippen molar-refractivity contribution >= 4 is 11.6 Å². The van der Waals surface area contributed by atoms with Crippen LogP contribution < -0.4 is 10.1 Å². The third-order valence-electron chi connectivity index (χ3n) is 2.53. The monoisotopic (exact) mass is 285 g/mol. The summed E-state index contributed by atoms with van der Waals surface area (Å²) in [6, 6.07) is 4.56. The average molecular weight is 286 g/mol. The summed E-state index contributed by atoms with van der Waals surface area (Å²) in [5.74, 6) is 0.994. The molecule has 1 aromatic rings. The molecule has 2 nitrogen and oxygen atoms in total. The number of nitrogens with one attached hydrogen (secondary N) is 1. The van der Waals surface area contributed by atoms with Crippen LogP contribution in [0.4, 0.5) is 4.39 Å². The molecule has 0 saturated carbocycles. The zero-order chi connectivity index (χ0) is 14.3. The van der Waals surface area contributed by atoms with Crippen molar-refractivity contribution in [2.75, 3.05) is 13.2 Å². The predicted molar refractivity (Wildman–Crippen MR) is 78.0 cm³/mol. The van der Waals surface area contributed by atoms with E-state index in [1.54, 1.807) is 6.07 Å². The smallest absolute Gasteiger partial charge is 0.124 e. The highest BCUT2D eigenvalue weighted by atomic mass is 35.5. The summed E-state index contributed by atoms with van der Waals surface area (Å²) >= 11 is 5.59. The Morgan fingerprint density at radius 2 is 2.21 bits per heavy atom. The Morgan fingerprint density at radius 3 is 2.84 bits per heavy atom. The van der Waals surface area contributed by atoms with Gasteiger partial charge in [-0.2, -0.15) is 0 Å². The predicted octanol–water partition coefficient (Wildman–Crippen LogP) is 4.09. The van der Waals surface area contributed by atoms with Crippen molar-refractivity contribution in [1.82, 2.24) is 5.32 Å². The summed E-state index contributed by atoms with van der Waals surface area (Å²) in [7, 11) is 0. The largest absolute Gasteiger partial charge is 0.489 e. The van der Waals surface area contributed by atoms with E-state index in [0.717, 1.165) is 17.7 Å². The van der Waals surface area contributed by atoms with Crippen molar-refractivity contribution in [2.24, 2.45) is 5.92 Å². The second-order valence-corrected chi connectivity index (χ2v) is 5.24. The second kappa shape index (κ2) is 8.18. The van der Waals surface area contributed by atoms with Crippen LogP contribution >= 0.6 is 11.6 Å². The normalized spacial score (nSPS) is 12.0. The minimum Gasteiger partial charge on any atom is -0.489 e. The van der Waals surface area contributed by atoms with Crippen LogP contribution in [0.5, 0.6) is 5.75 Å². The first-order valence-corrected chi connectivity index (χ1v) is 6.84. The maximum absolute atomic E-state index is 13.3. The lowest BCUT2D eigenvalue weighted by Gasteiger charge is -2.13. The van der Waals surface area contributed by atoms with Crippen LogP contribution in [-0.4, -0.2) is 13.2 Å². The molecule has 0 aliphatic heterocycles. The number of hydrogen-bond acceptors (Lipinski definition) is 2. The fourth-order valence-electron chi connectivity index (χ4n) is 1.55. The molecule has 1 N–H and O–H groups in total. The Kier molecular flexibility index (Phi) is 6.89. The summed E-state index contributed by atoms with van der Waals surface area (Å²) in [6.45, 7) is 8.03. The summed E-state index contributed by atoms with van der Waals surface area (Å²) in [4.78, 5) is 0. The Morgan fingerprint density at radius 1 is 1.47 bits per heavy atom. The van der Waals surface area contributed by atoms with Gasteiger partial charge in [-0.05, 0) is 43.2 Å². The molecule has 0 aromatic heterocycles. The number of rotatable bonds is 7. The van der Waals surface area contributed by atoms with E-state index in [1.807, 2.05) is 6.92 Å². The Bertz CT molecular complexity index is 432. The molecule has 106 valence electrons. The minimum atomic E-state index is -0.252. The van der Waals surface area contributed by atoms with Gasteiger partial charge in [0.15, 0.2) is 0 Å². The molecule has 0 atom stereocenters. The van der Waals surface area contributed by atoms with Gasteiger partial charge in [0.05, 0.1) is 0 Å². The Hall–Kier alpha value is -1.06. The van der Waals surface area contributed by atoms with Crippen molar-refractivity contribution in [2.45, 2.75) is 27.3 Å². The van der Waals surface area contributed by atoms with Gasteiger partial charge in [-0.1, -0.05) is 25.4 Å². The molecular formula is C15H21ClFNO. The van der Waals surface area contributed by atoms with Crippen molar-refractivity contribution in [3.8, 4) is 5.75 Å². The second-order valence-electron chi connectivity index (χ2n) is 5.02. The van der Waals surface area contributed by atoms with E-state index in [4.69, 9.17) is 16.3 Å². The van der Waals surface area contributed by atoms with Crippen LogP contribution in [0.1, 0.15) is 26.3 Å². The molecule has 19 heavy (non-hydrogen) atoms.